The number of halogens is 1. The molecular formula is C21H36IN5O. The van der Waals surface area contributed by atoms with Crippen LogP contribution in [0.4, 0.5) is 5.69 Å². The molecule has 6 nitrogen and oxygen atoms in total. The van der Waals surface area contributed by atoms with Crippen molar-refractivity contribution in [1.82, 2.24) is 15.5 Å². The molecule has 1 heterocycles. The maximum Gasteiger partial charge on any atom is 0.225 e. The molecule has 1 aromatic rings. The van der Waals surface area contributed by atoms with Gasteiger partial charge in [0.2, 0.25) is 5.91 Å². The zero-order chi connectivity index (χ0) is 19.8. The van der Waals surface area contributed by atoms with Crippen molar-refractivity contribution in [3.05, 3.63) is 30.3 Å². The quantitative estimate of drug-likeness (QED) is 0.305. The summed E-state index contributed by atoms with van der Waals surface area (Å²) < 4.78 is 0. The molecule has 0 radical (unpaired) electrons. The Morgan fingerprint density at radius 2 is 1.89 bits per heavy atom. The molecule has 0 aromatic heterocycles. The fraction of sp³-hybridized carbons (Fsp3) is 0.619. The number of carbonyl (C=O) groups excluding carboxylic acids is 1. The van der Waals surface area contributed by atoms with Gasteiger partial charge in [0.1, 0.15) is 0 Å². The van der Waals surface area contributed by atoms with Gasteiger partial charge in [-0.05, 0) is 24.5 Å². The summed E-state index contributed by atoms with van der Waals surface area (Å²) in [6, 6.07) is 10.8. The normalized spacial score (nSPS) is 18.0. The molecule has 1 aliphatic heterocycles. The number of anilines is 1. The lowest BCUT2D eigenvalue weighted by atomic mass is 10.0. The standard InChI is InChI=1S/C21H35N5O.HI/c1-15(2)19(24-17-9-7-6-8-10-17)13-23-21(22-5)25-18-11-12-26(14-18)20(27)16(3)4;/h6-10,15-16,18-19,24H,11-14H2,1-5H3,(H2,22,23,25);1H. The van der Waals surface area contributed by atoms with E-state index in [1.165, 1.54) is 0 Å². The van der Waals surface area contributed by atoms with Crippen LogP contribution in [0.3, 0.4) is 0 Å². The minimum absolute atomic E-state index is 0. The van der Waals surface area contributed by atoms with Crippen LogP contribution in [0.25, 0.3) is 0 Å². The predicted molar refractivity (Wildman–Crippen MR) is 128 cm³/mol. The molecule has 0 bridgehead atoms. The Bertz CT molecular complexity index is 620. The Labute approximate surface area is 187 Å². The van der Waals surface area contributed by atoms with Crippen molar-refractivity contribution < 1.29 is 4.79 Å². The zero-order valence-corrected chi connectivity index (χ0v) is 20.1. The summed E-state index contributed by atoms with van der Waals surface area (Å²) >= 11 is 0. The lowest BCUT2D eigenvalue weighted by Crippen LogP contribution is -2.48. The molecule has 1 aromatic carbocycles. The largest absolute Gasteiger partial charge is 0.380 e. The Kier molecular flexibility index (Phi) is 10.6. The van der Waals surface area contributed by atoms with Gasteiger partial charge in [-0.1, -0.05) is 45.9 Å². The second kappa shape index (κ2) is 12.1. The average molecular weight is 501 g/mol. The molecule has 1 aliphatic rings. The van der Waals surface area contributed by atoms with Gasteiger partial charge in [0.05, 0.1) is 0 Å². The summed E-state index contributed by atoms with van der Waals surface area (Å²) in [4.78, 5) is 18.5. The highest BCUT2D eigenvalue weighted by Crippen LogP contribution is 2.13. The Morgan fingerprint density at radius 3 is 2.46 bits per heavy atom. The molecule has 1 saturated heterocycles. The summed E-state index contributed by atoms with van der Waals surface area (Å²) in [7, 11) is 1.79. The Hall–Kier alpha value is -1.51. The van der Waals surface area contributed by atoms with E-state index in [1.807, 2.05) is 36.9 Å². The van der Waals surface area contributed by atoms with Gasteiger partial charge in [-0.15, -0.1) is 24.0 Å². The number of benzene rings is 1. The fourth-order valence-electron chi connectivity index (χ4n) is 3.24. The third-order valence-corrected chi connectivity index (χ3v) is 4.98. The molecule has 1 fully saturated rings. The van der Waals surface area contributed by atoms with E-state index in [9.17, 15) is 4.79 Å². The van der Waals surface area contributed by atoms with Crippen LogP contribution in [0.5, 0.6) is 0 Å². The third-order valence-electron chi connectivity index (χ3n) is 4.98. The number of nitrogens with zero attached hydrogens (tertiary/aromatic N) is 2. The van der Waals surface area contributed by atoms with Crippen LogP contribution in [0.2, 0.25) is 0 Å². The molecule has 1 amide bonds. The third kappa shape index (κ3) is 7.48. The van der Waals surface area contributed by atoms with E-state index >= 15 is 0 Å². The van der Waals surface area contributed by atoms with Crippen LogP contribution < -0.4 is 16.0 Å². The SMILES string of the molecule is CN=C(NCC(Nc1ccccc1)C(C)C)NC1CCN(C(=O)C(C)C)C1.I. The van der Waals surface area contributed by atoms with Gasteiger partial charge in [0, 0.05) is 50.4 Å². The highest BCUT2D eigenvalue weighted by molar-refractivity contribution is 14.0. The number of amides is 1. The van der Waals surface area contributed by atoms with E-state index in [2.05, 4.69) is 46.9 Å². The van der Waals surface area contributed by atoms with Gasteiger partial charge < -0.3 is 20.9 Å². The number of carbonyl (C=O) groups is 1. The first-order valence-corrected chi connectivity index (χ1v) is 9.98. The number of aliphatic imine (C=N–C) groups is 1. The topological polar surface area (TPSA) is 68.8 Å². The molecule has 2 rings (SSSR count). The fourth-order valence-corrected chi connectivity index (χ4v) is 3.24. The first-order valence-electron chi connectivity index (χ1n) is 9.98. The van der Waals surface area contributed by atoms with Crippen LogP contribution >= 0.6 is 24.0 Å². The maximum absolute atomic E-state index is 12.2. The predicted octanol–water partition coefficient (Wildman–Crippen LogP) is 3.16. The van der Waals surface area contributed by atoms with Gasteiger partial charge in [-0.3, -0.25) is 9.79 Å². The summed E-state index contributed by atoms with van der Waals surface area (Å²) in [5, 5.41) is 10.5. The molecule has 0 aliphatic carbocycles. The number of guanidine groups is 1. The Morgan fingerprint density at radius 1 is 1.21 bits per heavy atom. The molecular weight excluding hydrogens is 465 g/mol. The Balaban J connectivity index is 0.00000392. The van der Waals surface area contributed by atoms with Crippen molar-refractivity contribution in [1.29, 1.82) is 0 Å². The van der Waals surface area contributed by atoms with E-state index < -0.39 is 0 Å². The van der Waals surface area contributed by atoms with Crippen LogP contribution in [0, 0.1) is 11.8 Å². The van der Waals surface area contributed by atoms with E-state index in [1.54, 1.807) is 7.05 Å². The molecule has 0 saturated carbocycles. The van der Waals surface area contributed by atoms with Crippen molar-refractivity contribution in [3.63, 3.8) is 0 Å². The van der Waals surface area contributed by atoms with Gasteiger partial charge >= 0.3 is 0 Å². The van der Waals surface area contributed by atoms with Crippen molar-refractivity contribution in [2.24, 2.45) is 16.8 Å². The van der Waals surface area contributed by atoms with Crippen molar-refractivity contribution in [2.75, 3.05) is 32.0 Å². The second-order valence-electron chi connectivity index (χ2n) is 7.88. The van der Waals surface area contributed by atoms with Crippen molar-refractivity contribution in [2.45, 2.75) is 46.2 Å². The second-order valence-corrected chi connectivity index (χ2v) is 7.88. The van der Waals surface area contributed by atoms with E-state index in [4.69, 9.17) is 0 Å². The number of hydrogen-bond donors (Lipinski definition) is 3. The number of rotatable bonds is 7. The lowest BCUT2D eigenvalue weighted by Gasteiger charge is -2.26. The number of hydrogen-bond acceptors (Lipinski definition) is 3. The monoisotopic (exact) mass is 501 g/mol. The first kappa shape index (κ1) is 24.5. The van der Waals surface area contributed by atoms with E-state index in [0.29, 0.717) is 5.92 Å². The number of likely N-dealkylation sites (tertiary alicyclic amines) is 1. The van der Waals surface area contributed by atoms with Crippen LogP contribution in [0.1, 0.15) is 34.1 Å². The van der Waals surface area contributed by atoms with Gasteiger partial charge in [-0.2, -0.15) is 0 Å². The molecule has 0 spiro atoms. The van der Waals surface area contributed by atoms with Crippen LogP contribution in [-0.4, -0.2) is 55.5 Å². The van der Waals surface area contributed by atoms with Gasteiger partial charge in [0.15, 0.2) is 5.96 Å². The number of nitrogens with one attached hydrogen (secondary N) is 3. The van der Waals surface area contributed by atoms with Gasteiger partial charge in [-0.25, -0.2) is 0 Å². The summed E-state index contributed by atoms with van der Waals surface area (Å²) in [6.45, 7) is 10.7. The summed E-state index contributed by atoms with van der Waals surface area (Å²) in [5.74, 6) is 1.55. The molecule has 28 heavy (non-hydrogen) atoms. The lowest BCUT2D eigenvalue weighted by molar-refractivity contribution is -0.133. The van der Waals surface area contributed by atoms with Crippen LogP contribution in [-0.2, 0) is 4.79 Å². The van der Waals surface area contributed by atoms with Crippen molar-refractivity contribution >= 4 is 41.5 Å². The van der Waals surface area contributed by atoms with Crippen molar-refractivity contribution in [3.8, 4) is 0 Å². The zero-order valence-electron chi connectivity index (χ0n) is 17.7. The maximum atomic E-state index is 12.2. The van der Waals surface area contributed by atoms with Gasteiger partial charge in [0.25, 0.3) is 0 Å². The number of para-hydroxylation sites is 1. The minimum atomic E-state index is 0. The minimum Gasteiger partial charge on any atom is -0.380 e. The molecule has 158 valence electrons. The first-order chi connectivity index (χ1) is 12.9. The summed E-state index contributed by atoms with van der Waals surface area (Å²) in [5.41, 5.74) is 1.12. The molecule has 7 heteroatoms. The highest BCUT2D eigenvalue weighted by atomic mass is 127. The smallest absolute Gasteiger partial charge is 0.225 e. The molecule has 3 N–H and O–H groups in total. The summed E-state index contributed by atoms with van der Waals surface area (Å²) in [6.07, 6.45) is 0.953. The van der Waals surface area contributed by atoms with E-state index in [-0.39, 0.29) is 47.9 Å². The molecule has 2 unspecified atom stereocenters. The van der Waals surface area contributed by atoms with E-state index in [0.717, 1.165) is 37.7 Å². The highest BCUT2D eigenvalue weighted by Gasteiger charge is 2.28. The molecule has 2 atom stereocenters. The average Bonchev–Trinajstić information content (AvgIpc) is 3.12. The van der Waals surface area contributed by atoms with Crippen LogP contribution in [0.15, 0.2) is 35.3 Å².